The lowest BCUT2D eigenvalue weighted by Gasteiger charge is -2.34. The zero-order valence-electron chi connectivity index (χ0n) is 12.8. The number of nitrogens with one attached hydrogen (secondary N) is 1. The number of hydrogen-bond acceptors (Lipinski definition) is 2. The minimum Gasteiger partial charge on any atom is -0.308 e. The Morgan fingerprint density at radius 3 is 2.80 bits per heavy atom. The van der Waals surface area contributed by atoms with Gasteiger partial charge < -0.3 is 5.32 Å². The van der Waals surface area contributed by atoms with Crippen LogP contribution < -0.4 is 5.32 Å². The van der Waals surface area contributed by atoms with Gasteiger partial charge in [0.2, 0.25) is 0 Å². The zero-order valence-corrected chi connectivity index (χ0v) is 12.8. The molecule has 1 aromatic carbocycles. The summed E-state index contributed by atoms with van der Waals surface area (Å²) >= 11 is 0. The minimum absolute atomic E-state index is 0.576. The Morgan fingerprint density at radius 1 is 1.15 bits per heavy atom. The first-order valence-electron chi connectivity index (χ1n) is 8.40. The Kier molecular flexibility index (Phi) is 4.74. The first kappa shape index (κ1) is 14.1. The van der Waals surface area contributed by atoms with Crippen LogP contribution in [0, 0.1) is 0 Å². The number of benzene rings is 1. The van der Waals surface area contributed by atoms with E-state index in [2.05, 4.69) is 41.4 Å². The molecule has 3 rings (SSSR count). The van der Waals surface area contributed by atoms with Gasteiger partial charge in [-0.15, -0.1) is 0 Å². The molecule has 2 atom stereocenters. The molecule has 2 nitrogen and oxygen atoms in total. The molecule has 2 unspecified atom stereocenters. The highest BCUT2D eigenvalue weighted by molar-refractivity contribution is 5.32. The SMILES string of the molecule is CC(CNC1CCCc2ccccc21)N1CCCCC1. The molecule has 0 amide bonds. The third kappa shape index (κ3) is 3.24. The maximum absolute atomic E-state index is 3.83. The van der Waals surface area contributed by atoms with Gasteiger partial charge >= 0.3 is 0 Å². The lowest BCUT2D eigenvalue weighted by molar-refractivity contribution is 0.167. The summed E-state index contributed by atoms with van der Waals surface area (Å²) in [5, 5.41) is 3.83. The van der Waals surface area contributed by atoms with Crippen LogP contribution in [0.1, 0.15) is 56.2 Å². The number of aryl methyl sites for hydroxylation is 1. The number of piperidine rings is 1. The molecule has 2 aliphatic rings. The Bertz CT molecular complexity index is 423. The van der Waals surface area contributed by atoms with E-state index in [0.29, 0.717) is 12.1 Å². The van der Waals surface area contributed by atoms with Crippen molar-refractivity contribution in [3.63, 3.8) is 0 Å². The van der Waals surface area contributed by atoms with Crippen molar-refractivity contribution in [2.24, 2.45) is 0 Å². The van der Waals surface area contributed by atoms with Crippen LogP contribution in [0.3, 0.4) is 0 Å². The molecule has 0 aromatic heterocycles. The first-order valence-corrected chi connectivity index (χ1v) is 8.40. The van der Waals surface area contributed by atoms with Crippen molar-refractivity contribution in [1.82, 2.24) is 10.2 Å². The summed E-state index contributed by atoms with van der Waals surface area (Å²) in [6, 6.07) is 10.2. The summed E-state index contributed by atoms with van der Waals surface area (Å²) in [6.45, 7) is 6.10. The van der Waals surface area contributed by atoms with E-state index in [1.807, 2.05) is 0 Å². The van der Waals surface area contributed by atoms with Gasteiger partial charge in [-0.2, -0.15) is 0 Å². The summed E-state index contributed by atoms with van der Waals surface area (Å²) in [7, 11) is 0. The summed E-state index contributed by atoms with van der Waals surface area (Å²) in [4.78, 5) is 2.66. The van der Waals surface area contributed by atoms with Gasteiger partial charge in [-0.25, -0.2) is 0 Å². The maximum atomic E-state index is 3.83. The maximum Gasteiger partial charge on any atom is 0.0323 e. The molecular formula is C18H28N2. The highest BCUT2D eigenvalue weighted by atomic mass is 15.2. The number of nitrogens with zero attached hydrogens (tertiary/aromatic N) is 1. The van der Waals surface area contributed by atoms with E-state index in [0.717, 1.165) is 6.54 Å². The molecule has 1 N–H and O–H groups in total. The molecule has 1 aliphatic carbocycles. The average molecular weight is 272 g/mol. The van der Waals surface area contributed by atoms with E-state index < -0.39 is 0 Å². The van der Waals surface area contributed by atoms with Crippen LogP contribution in [0.2, 0.25) is 0 Å². The molecule has 1 fully saturated rings. The molecule has 1 heterocycles. The quantitative estimate of drug-likeness (QED) is 0.902. The number of likely N-dealkylation sites (tertiary alicyclic amines) is 1. The topological polar surface area (TPSA) is 15.3 Å². The molecular weight excluding hydrogens is 244 g/mol. The summed E-state index contributed by atoms with van der Waals surface area (Å²) in [5.41, 5.74) is 3.10. The van der Waals surface area contributed by atoms with E-state index in [-0.39, 0.29) is 0 Å². The van der Waals surface area contributed by atoms with E-state index in [1.54, 1.807) is 11.1 Å². The zero-order chi connectivity index (χ0) is 13.8. The molecule has 0 bridgehead atoms. The first-order chi connectivity index (χ1) is 9.84. The normalized spacial score (nSPS) is 25.1. The van der Waals surface area contributed by atoms with Crippen molar-refractivity contribution in [1.29, 1.82) is 0 Å². The number of rotatable bonds is 4. The number of hydrogen-bond donors (Lipinski definition) is 1. The fourth-order valence-corrected chi connectivity index (χ4v) is 3.77. The largest absolute Gasteiger partial charge is 0.308 e. The molecule has 2 heteroatoms. The van der Waals surface area contributed by atoms with Crippen molar-refractivity contribution in [2.75, 3.05) is 19.6 Å². The van der Waals surface area contributed by atoms with Gasteiger partial charge in [0.15, 0.2) is 0 Å². The van der Waals surface area contributed by atoms with Crippen molar-refractivity contribution in [3.8, 4) is 0 Å². The predicted octanol–water partition coefficient (Wildman–Crippen LogP) is 3.53. The van der Waals surface area contributed by atoms with Gasteiger partial charge in [0.05, 0.1) is 0 Å². The highest BCUT2D eigenvalue weighted by Crippen LogP contribution is 2.29. The third-order valence-corrected chi connectivity index (χ3v) is 5.04. The monoisotopic (exact) mass is 272 g/mol. The van der Waals surface area contributed by atoms with Crippen LogP contribution in [0.25, 0.3) is 0 Å². The van der Waals surface area contributed by atoms with Crippen LogP contribution in [0.5, 0.6) is 0 Å². The van der Waals surface area contributed by atoms with Crippen molar-refractivity contribution in [2.45, 2.75) is 57.5 Å². The summed E-state index contributed by atoms with van der Waals surface area (Å²) < 4.78 is 0. The minimum atomic E-state index is 0.576. The lowest BCUT2D eigenvalue weighted by atomic mass is 9.87. The van der Waals surface area contributed by atoms with Gasteiger partial charge in [-0.3, -0.25) is 4.90 Å². The van der Waals surface area contributed by atoms with E-state index >= 15 is 0 Å². The van der Waals surface area contributed by atoms with Crippen molar-refractivity contribution < 1.29 is 0 Å². The van der Waals surface area contributed by atoms with Gasteiger partial charge in [-0.05, 0) is 63.2 Å². The molecule has 0 spiro atoms. The third-order valence-electron chi connectivity index (χ3n) is 5.04. The average Bonchev–Trinajstić information content (AvgIpc) is 2.53. The van der Waals surface area contributed by atoms with Crippen LogP contribution in [0.15, 0.2) is 24.3 Å². The molecule has 1 aromatic rings. The second-order valence-corrected chi connectivity index (χ2v) is 6.50. The molecule has 0 saturated carbocycles. The fraction of sp³-hybridized carbons (Fsp3) is 0.667. The van der Waals surface area contributed by atoms with Crippen molar-refractivity contribution in [3.05, 3.63) is 35.4 Å². The molecule has 20 heavy (non-hydrogen) atoms. The molecule has 0 radical (unpaired) electrons. The van der Waals surface area contributed by atoms with E-state index in [1.165, 1.54) is 51.6 Å². The summed E-state index contributed by atoms with van der Waals surface area (Å²) in [5.74, 6) is 0. The van der Waals surface area contributed by atoms with E-state index in [9.17, 15) is 0 Å². The van der Waals surface area contributed by atoms with Crippen LogP contribution in [-0.2, 0) is 6.42 Å². The van der Waals surface area contributed by atoms with Gasteiger partial charge in [0.1, 0.15) is 0 Å². The van der Waals surface area contributed by atoms with E-state index in [4.69, 9.17) is 0 Å². The Labute approximate surface area is 123 Å². The number of fused-ring (bicyclic) bond motifs is 1. The molecule has 110 valence electrons. The van der Waals surface area contributed by atoms with Crippen LogP contribution in [-0.4, -0.2) is 30.6 Å². The second-order valence-electron chi connectivity index (χ2n) is 6.50. The summed E-state index contributed by atoms with van der Waals surface area (Å²) in [6.07, 6.45) is 8.08. The molecule has 1 saturated heterocycles. The smallest absolute Gasteiger partial charge is 0.0323 e. The Hall–Kier alpha value is -0.860. The van der Waals surface area contributed by atoms with Crippen molar-refractivity contribution >= 4 is 0 Å². The Balaban J connectivity index is 1.56. The molecule has 1 aliphatic heterocycles. The highest BCUT2D eigenvalue weighted by Gasteiger charge is 2.21. The van der Waals surface area contributed by atoms with Gasteiger partial charge in [0, 0.05) is 18.6 Å². The van der Waals surface area contributed by atoms with Crippen LogP contribution >= 0.6 is 0 Å². The fourth-order valence-electron chi connectivity index (χ4n) is 3.77. The van der Waals surface area contributed by atoms with Crippen LogP contribution in [0.4, 0.5) is 0 Å². The van der Waals surface area contributed by atoms with Gasteiger partial charge in [0.25, 0.3) is 0 Å². The second kappa shape index (κ2) is 6.73. The Morgan fingerprint density at radius 2 is 1.95 bits per heavy atom. The predicted molar refractivity (Wildman–Crippen MR) is 85.0 cm³/mol. The van der Waals surface area contributed by atoms with Gasteiger partial charge in [-0.1, -0.05) is 30.7 Å². The standard InChI is InChI=1S/C18H28N2/c1-15(20-12-5-2-6-13-20)14-19-18-11-7-9-16-8-3-4-10-17(16)18/h3-4,8,10,15,18-19H,2,5-7,9,11-14H2,1H3. The lowest BCUT2D eigenvalue weighted by Crippen LogP contribution is -2.44.